The first-order valence-corrected chi connectivity index (χ1v) is 6.29. The molecule has 2 saturated heterocycles. The van der Waals surface area contributed by atoms with Gasteiger partial charge in [-0.05, 0) is 6.92 Å². The van der Waals surface area contributed by atoms with Crippen molar-refractivity contribution in [1.29, 1.82) is 0 Å². The molecule has 0 saturated carbocycles. The number of urea groups is 1. The molecule has 2 aliphatic rings. The minimum Gasteiger partial charge on any atom is -0.371 e. The van der Waals surface area contributed by atoms with Crippen LogP contribution >= 0.6 is 0 Å². The molecule has 6 heteroatoms. The Kier molecular flexibility index (Phi) is 4.20. The van der Waals surface area contributed by atoms with E-state index in [1.54, 1.807) is 0 Å². The van der Waals surface area contributed by atoms with Crippen LogP contribution in [0.2, 0.25) is 0 Å². The Morgan fingerprint density at radius 3 is 2.94 bits per heavy atom. The zero-order valence-electron chi connectivity index (χ0n) is 10.4. The fraction of sp³-hybridized carbons (Fsp3) is 0.909. The standard InChI is InChI=1S/C11H22N4O2/c1-9-7-14(8-10(6-12)17-9)4-5-15-3-2-13-11(15)16/h9-10H,2-8,12H2,1H3,(H,13,16). The molecule has 2 rings (SSSR count). The normalized spacial score (nSPS) is 30.7. The molecule has 0 radical (unpaired) electrons. The Labute approximate surface area is 102 Å². The van der Waals surface area contributed by atoms with Gasteiger partial charge >= 0.3 is 6.03 Å². The summed E-state index contributed by atoms with van der Waals surface area (Å²) in [5.41, 5.74) is 5.64. The van der Waals surface area contributed by atoms with Crippen molar-refractivity contribution < 1.29 is 9.53 Å². The van der Waals surface area contributed by atoms with Crippen molar-refractivity contribution in [3.63, 3.8) is 0 Å². The van der Waals surface area contributed by atoms with E-state index >= 15 is 0 Å². The summed E-state index contributed by atoms with van der Waals surface area (Å²) in [6.45, 7) is 7.70. The maximum absolute atomic E-state index is 11.4. The maximum Gasteiger partial charge on any atom is 0.317 e. The van der Waals surface area contributed by atoms with Crippen molar-refractivity contribution in [1.82, 2.24) is 15.1 Å². The van der Waals surface area contributed by atoms with Crippen LogP contribution in [0.15, 0.2) is 0 Å². The van der Waals surface area contributed by atoms with Crippen LogP contribution in [0, 0.1) is 0 Å². The van der Waals surface area contributed by atoms with E-state index in [1.165, 1.54) is 0 Å². The summed E-state index contributed by atoms with van der Waals surface area (Å²) in [6, 6.07) is 0.0571. The summed E-state index contributed by atoms with van der Waals surface area (Å²) in [6.07, 6.45) is 0.357. The van der Waals surface area contributed by atoms with Gasteiger partial charge in [0.25, 0.3) is 0 Å². The van der Waals surface area contributed by atoms with Crippen LogP contribution in [-0.2, 0) is 4.74 Å². The monoisotopic (exact) mass is 242 g/mol. The van der Waals surface area contributed by atoms with Crippen molar-refractivity contribution in [2.75, 3.05) is 45.8 Å². The van der Waals surface area contributed by atoms with Crippen molar-refractivity contribution in [2.24, 2.45) is 5.73 Å². The van der Waals surface area contributed by atoms with Gasteiger partial charge in [0, 0.05) is 45.8 Å². The molecular weight excluding hydrogens is 220 g/mol. The number of carbonyl (C=O) groups is 1. The van der Waals surface area contributed by atoms with E-state index in [1.807, 2.05) is 4.90 Å². The summed E-state index contributed by atoms with van der Waals surface area (Å²) in [5, 5.41) is 2.81. The van der Waals surface area contributed by atoms with E-state index in [0.29, 0.717) is 6.54 Å². The highest BCUT2D eigenvalue weighted by molar-refractivity contribution is 5.76. The first-order chi connectivity index (χ1) is 8.19. The minimum atomic E-state index is 0.0571. The first kappa shape index (κ1) is 12.6. The fourth-order valence-electron chi connectivity index (χ4n) is 2.44. The van der Waals surface area contributed by atoms with E-state index in [4.69, 9.17) is 10.5 Å². The summed E-state index contributed by atoms with van der Waals surface area (Å²) in [7, 11) is 0. The van der Waals surface area contributed by atoms with Crippen LogP contribution in [0.4, 0.5) is 4.79 Å². The lowest BCUT2D eigenvalue weighted by Crippen LogP contribution is -2.51. The summed E-state index contributed by atoms with van der Waals surface area (Å²) >= 11 is 0. The maximum atomic E-state index is 11.4. The average Bonchev–Trinajstić information content (AvgIpc) is 2.71. The number of carbonyl (C=O) groups excluding carboxylic acids is 1. The number of rotatable bonds is 4. The van der Waals surface area contributed by atoms with Gasteiger partial charge in [-0.1, -0.05) is 0 Å². The van der Waals surface area contributed by atoms with Gasteiger partial charge in [-0.25, -0.2) is 4.79 Å². The quantitative estimate of drug-likeness (QED) is 0.667. The smallest absolute Gasteiger partial charge is 0.317 e. The summed E-state index contributed by atoms with van der Waals surface area (Å²) in [4.78, 5) is 15.6. The third kappa shape index (κ3) is 3.31. The number of amides is 2. The van der Waals surface area contributed by atoms with Gasteiger partial charge in [-0.3, -0.25) is 4.90 Å². The number of morpholine rings is 1. The van der Waals surface area contributed by atoms with Gasteiger partial charge < -0.3 is 20.7 Å². The van der Waals surface area contributed by atoms with Crippen LogP contribution in [-0.4, -0.2) is 73.9 Å². The SMILES string of the molecule is CC1CN(CCN2CCNC2=O)CC(CN)O1. The number of nitrogens with two attached hydrogens (primary N) is 1. The van der Waals surface area contributed by atoms with E-state index in [0.717, 1.165) is 39.3 Å². The predicted octanol–water partition coefficient (Wildman–Crippen LogP) is -0.940. The third-order valence-corrected chi connectivity index (χ3v) is 3.30. The molecule has 6 nitrogen and oxygen atoms in total. The second kappa shape index (κ2) is 5.66. The predicted molar refractivity (Wildman–Crippen MR) is 64.8 cm³/mol. The number of nitrogens with zero attached hydrogens (tertiary/aromatic N) is 2. The number of nitrogens with one attached hydrogen (secondary N) is 1. The lowest BCUT2D eigenvalue weighted by atomic mass is 10.2. The molecule has 2 aliphatic heterocycles. The zero-order valence-corrected chi connectivity index (χ0v) is 10.4. The molecule has 0 spiro atoms. The molecule has 0 aromatic heterocycles. The topological polar surface area (TPSA) is 70.8 Å². The lowest BCUT2D eigenvalue weighted by Gasteiger charge is -2.36. The lowest BCUT2D eigenvalue weighted by molar-refractivity contribution is -0.0725. The van der Waals surface area contributed by atoms with Crippen LogP contribution in [0.25, 0.3) is 0 Å². The molecule has 2 unspecified atom stereocenters. The molecular formula is C11H22N4O2. The third-order valence-electron chi connectivity index (χ3n) is 3.30. The molecule has 2 fully saturated rings. The van der Waals surface area contributed by atoms with E-state index in [2.05, 4.69) is 17.1 Å². The highest BCUT2D eigenvalue weighted by Gasteiger charge is 2.25. The molecule has 0 aromatic rings. The Bertz CT molecular complexity index is 274. The molecule has 98 valence electrons. The van der Waals surface area contributed by atoms with Crippen LogP contribution in [0.5, 0.6) is 0 Å². The highest BCUT2D eigenvalue weighted by Crippen LogP contribution is 2.10. The van der Waals surface area contributed by atoms with Gasteiger partial charge in [-0.15, -0.1) is 0 Å². The van der Waals surface area contributed by atoms with Crippen molar-refractivity contribution in [3.8, 4) is 0 Å². The summed E-state index contributed by atoms with van der Waals surface area (Å²) < 4.78 is 5.70. The average molecular weight is 242 g/mol. The van der Waals surface area contributed by atoms with E-state index < -0.39 is 0 Å². The number of hydrogen-bond donors (Lipinski definition) is 2. The van der Waals surface area contributed by atoms with Crippen LogP contribution in [0.1, 0.15) is 6.92 Å². The van der Waals surface area contributed by atoms with E-state index in [-0.39, 0.29) is 18.2 Å². The molecule has 2 heterocycles. The molecule has 3 N–H and O–H groups in total. The Hall–Kier alpha value is -0.850. The Morgan fingerprint density at radius 1 is 1.47 bits per heavy atom. The van der Waals surface area contributed by atoms with Gasteiger partial charge in [0.2, 0.25) is 0 Å². The van der Waals surface area contributed by atoms with Gasteiger partial charge in [0.1, 0.15) is 0 Å². The van der Waals surface area contributed by atoms with Gasteiger partial charge in [0.05, 0.1) is 12.2 Å². The first-order valence-electron chi connectivity index (χ1n) is 6.29. The molecule has 17 heavy (non-hydrogen) atoms. The van der Waals surface area contributed by atoms with Crippen LogP contribution in [0.3, 0.4) is 0 Å². The van der Waals surface area contributed by atoms with Gasteiger partial charge in [0.15, 0.2) is 0 Å². The summed E-state index contributed by atoms with van der Waals surface area (Å²) in [5.74, 6) is 0. The van der Waals surface area contributed by atoms with Gasteiger partial charge in [-0.2, -0.15) is 0 Å². The second-order valence-corrected chi connectivity index (χ2v) is 4.78. The molecule has 0 aromatic carbocycles. The van der Waals surface area contributed by atoms with E-state index in [9.17, 15) is 4.79 Å². The zero-order chi connectivity index (χ0) is 12.3. The Balaban J connectivity index is 1.76. The second-order valence-electron chi connectivity index (χ2n) is 4.78. The highest BCUT2D eigenvalue weighted by atomic mass is 16.5. The van der Waals surface area contributed by atoms with Crippen molar-refractivity contribution >= 4 is 6.03 Å². The number of hydrogen-bond acceptors (Lipinski definition) is 4. The molecule has 0 aliphatic carbocycles. The Morgan fingerprint density at radius 2 is 2.29 bits per heavy atom. The molecule has 0 bridgehead atoms. The van der Waals surface area contributed by atoms with Crippen LogP contribution < -0.4 is 11.1 Å². The fourth-order valence-corrected chi connectivity index (χ4v) is 2.44. The minimum absolute atomic E-state index is 0.0571. The molecule has 2 amide bonds. The van der Waals surface area contributed by atoms with Crippen molar-refractivity contribution in [3.05, 3.63) is 0 Å². The largest absolute Gasteiger partial charge is 0.371 e. The molecule has 2 atom stereocenters. The number of ether oxygens (including phenoxy) is 1. The van der Waals surface area contributed by atoms with Crippen molar-refractivity contribution in [2.45, 2.75) is 19.1 Å².